The highest BCUT2D eigenvalue weighted by molar-refractivity contribution is 7.15. The molecule has 1 aromatic rings. The lowest BCUT2D eigenvalue weighted by Crippen LogP contribution is -2.50. The van der Waals surface area contributed by atoms with E-state index in [9.17, 15) is 0 Å². The van der Waals surface area contributed by atoms with Gasteiger partial charge in [-0.25, -0.2) is 4.98 Å². The predicted octanol–water partition coefficient (Wildman–Crippen LogP) is 1.54. The lowest BCUT2D eigenvalue weighted by atomic mass is 10.2. The van der Waals surface area contributed by atoms with Crippen LogP contribution in [0.5, 0.6) is 0 Å². The lowest BCUT2D eigenvalue weighted by Gasteiger charge is -2.38. The van der Waals surface area contributed by atoms with E-state index in [1.807, 2.05) is 17.5 Å². The van der Waals surface area contributed by atoms with Gasteiger partial charge in [0.15, 0.2) is 5.13 Å². The molecular weight excluding hydrogens is 244 g/mol. The Hall–Kier alpha value is -0.650. The van der Waals surface area contributed by atoms with Gasteiger partial charge in [0, 0.05) is 49.3 Å². The number of nitrogens with one attached hydrogen (secondary N) is 1. The van der Waals surface area contributed by atoms with Crippen molar-refractivity contribution in [3.63, 3.8) is 0 Å². The van der Waals surface area contributed by atoms with Crippen molar-refractivity contribution in [3.8, 4) is 0 Å². The van der Waals surface area contributed by atoms with Crippen molar-refractivity contribution in [3.05, 3.63) is 11.1 Å². The van der Waals surface area contributed by atoms with E-state index in [1.165, 1.54) is 22.9 Å². The molecule has 1 aliphatic heterocycles. The molecule has 4 nitrogen and oxygen atoms in total. The SMILES string of the molecule is CC1CN(C)CCN1c1ncc(CNC2CC2)s1. The van der Waals surface area contributed by atoms with Crippen molar-refractivity contribution in [2.75, 3.05) is 31.6 Å². The van der Waals surface area contributed by atoms with Crippen LogP contribution in [-0.2, 0) is 6.54 Å². The van der Waals surface area contributed by atoms with E-state index < -0.39 is 0 Å². The minimum atomic E-state index is 0.569. The Morgan fingerprint density at radius 2 is 2.28 bits per heavy atom. The second kappa shape index (κ2) is 5.15. The monoisotopic (exact) mass is 266 g/mol. The number of hydrogen-bond donors (Lipinski definition) is 1. The van der Waals surface area contributed by atoms with Crippen LogP contribution in [0.3, 0.4) is 0 Å². The molecule has 1 saturated carbocycles. The van der Waals surface area contributed by atoms with Crippen LogP contribution in [0.4, 0.5) is 5.13 Å². The van der Waals surface area contributed by atoms with Gasteiger partial charge in [-0.2, -0.15) is 0 Å². The van der Waals surface area contributed by atoms with Crippen molar-refractivity contribution in [2.45, 2.75) is 38.4 Å². The van der Waals surface area contributed by atoms with E-state index in [0.29, 0.717) is 6.04 Å². The normalized spacial score (nSPS) is 25.7. The van der Waals surface area contributed by atoms with Gasteiger partial charge in [-0.1, -0.05) is 0 Å². The number of likely N-dealkylation sites (N-methyl/N-ethyl adjacent to an activating group) is 1. The second-order valence-corrected chi connectivity index (χ2v) is 6.66. The zero-order valence-electron chi connectivity index (χ0n) is 11.2. The van der Waals surface area contributed by atoms with Gasteiger partial charge in [0.05, 0.1) is 0 Å². The van der Waals surface area contributed by atoms with E-state index >= 15 is 0 Å². The van der Waals surface area contributed by atoms with Gasteiger partial charge in [-0.05, 0) is 26.8 Å². The average molecular weight is 266 g/mol. The molecule has 18 heavy (non-hydrogen) atoms. The molecule has 1 unspecified atom stereocenters. The van der Waals surface area contributed by atoms with Crippen molar-refractivity contribution in [1.82, 2.24) is 15.2 Å². The minimum Gasteiger partial charge on any atom is -0.343 e. The Bertz CT molecular complexity index is 401. The first kappa shape index (κ1) is 12.4. The third-order valence-corrected chi connectivity index (χ3v) is 4.79. The van der Waals surface area contributed by atoms with E-state index in [-0.39, 0.29) is 0 Å². The summed E-state index contributed by atoms with van der Waals surface area (Å²) < 4.78 is 0. The standard InChI is InChI=1S/C13H22N4S/c1-10-9-16(2)5-6-17(10)13-15-8-12(18-13)7-14-11-3-4-11/h8,10-11,14H,3-7,9H2,1-2H3. The van der Waals surface area contributed by atoms with Crippen molar-refractivity contribution >= 4 is 16.5 Å². The van der Waals surface area contributed by atoms with E-state index in [2.05, 4.69) is 34.1 Å². The van der Waals surface area contributed by atoms with Gasteiger partial charge in [0.2, 0.25) is 0 Å². The Labute approximate surface area is 113 Å². The third kappa shape index (κ3) is 2.84. The molecule has 1 saturated heterocycles. The molecule has 5 heteroatoms. The van der Waals surface area contributed by atoms with Gasteiger partial charge in [-0.15, -0.1) is 11.3 Å². The molecule has 1 aliphatic carbocycles. The summed E-state index contributed by atoms with van der Waals surface area (Å²) in [7, 11) is 2.20. The van der Waals surface area contributed by atoms with Gasteiger partial charge in [0.1, 0.15) is 0 Å². The summed E-state index contributed by atoms with van der Waals surface area (Å²) in [6, 6.07) is 1.34. The molecule has 0 amide bonds. The fourth-order valence-corrected chi connectivity index (χ4v) is 3.46. The smallest absolute Gasteiger partial charge is 0.185 e. The van der Waals surface area contributed by atoms with Crippen LogP contribution < -0.4 is 10.2 Å². The van der Waals surface area contributed by atoms with Crippen LogP contribution in [-0.4, -0.2) is 48.6 Å². The van der Waals surface area contributed by atoms with Crippen molar-refractivity contribution in [2.24, 2.45) is 0 Å². The van der Waals surface area contributed by atoms with Gasteiger partial charge in [0.25, 0.3) is 0 Å². The first-order valence-electron chi connectivity index (χ1n) is 6.85. The lowest BCUT2D eigenvalue weighted by molar-refractivity contribution is 0.275. The van der Waals surface area contributed by atoms with Gasteiger partial charge >= 0.3 is 0 Å². The maximum Gasteiger partial charge on any atom is 0.185 e. The third-order valence-electron chi connectivity index (χ3n) is 3.76. The molecular formula is C13H22N4S. The molecule has 3 rings (SSSR count). The molecule has 1 N–H and O–H groups in total. The molecule has 2 fully saturated rings. The van der Waals surface area contributed by atoms with E-state index in [4.69, 9.17) is 0 Å². The molecule has 2 heterocycles. The van der Waals surface area contributed by atoms with Crippen molar-refractivity contribution in [1.29, 1.82) is 0 Å². The number of thiazole rings is 1. The highest BCUT2D eigenvalue weighted by Crippen LogP contribution is 2.27. The van der Waals surface area contributed by atoms with Crippen LogP contribution >= 0.6 is 11.3 Å². The summed E-state index contributed by atoms with van der Waals surface area (Å²) >= 11 is 1.85. The molecule has 1 aromatic heterocycles. The highest BCUT2D eigenvalue weighted by Gasteiger charge is 2.24. The quantitative estimate of drug-likeness (QED) is 0.896. The fraction of sp³-hybridized carbons (Fsp3) is 0.769. The van der Waals surface area contributed by atoms with Gasteiger partial charge in [-0.3, -0.25) is 0 Å². The Morgan fingerprint density at radius 3 is 3.00 bits per heavy atom. The molecule has 2 aliphatic rings. The summed E-state index contributed by atoms with van der Waals surface area (Å²) in [5.74, 6) is 0. The highest BCUT2D eigenvalue weighted by atomic mass is 32.1. The van der Waals surface area contributed by atoms with E-state index in [0.717, 1.165) is 32.2 Å². The number of nitrogens with zero attached hydrogens (tertiary/aromatic N) is 3. The number of piperazine rings is 1. The molecule has 1 atom stereocenters. The molecule has 0 bridgehead atoms. The maximum atomic E-state index is 4.60. The molecule has 0 spiro atoms. The number of hydrogen-bond acceptors (Lipinski definition) is 5. The Balaban J connectivity index is 1.60. The first-order valence-corrected chi connectivity index (χ1v) is 7.67. The Kier molecular flexibility index (Phi) is 3.54. The zero-order valence-corrected chi connectivity index (χ0v) is 12.0. The van der Waals surface area contributed by atoms with Crippen LogP contribution in [0.25, 0.3) is 0 Å². The summed E-state index contributed by atoms with van der Waals surface area (Å²) in [6.07, 6.45) is 4.74. The second-order valence-electron chi connectivity index (χ2n) is 5.57. The Morgan fingerprint density at radius 1 is 1.44 bits per heavy atom. The topological polar surface area (TPSA) is 31.4 Å². The van der Waals surface area contributed by atoms with Crippen LogP contribution in [0.15, 0.2) is 6.20 Å². The average Bonchev–Trinajstić information content (AvgIpc) is 3.05. The predicted molar refractivity (Wildman–Crippen MR) is 76.3 cm³/mol. The largest absolute Gasteiger partial charge is 0.343 e. The summed E-state index contributed by atoms with van der Waals surface area (Å²) in [5.41, 5.74) is 0. The zero-order chi connectivity index (χ0) is 12.5. The number of aromatic nitrogens is 1. The fourth-order valence-electron chi connectivity index (χ4n) is 2.47. The van der Waals surface area contributed by atoms with Crippen LogP contribution in [0.2, 0.25) is 0 Å². The molecule has 0 aromatic carbocycles. The van der Waals surface area contributed by atoms with Gasteiger partial charge < -0.3 is 15.1 Å². The van der Waals surface area contributed by atoms with Crippen LogP contribution in [0, 0.1) is 0 Å². The molecule has 100 valence electrons. The van der Waals surface area contributed by atoms with Crippen LogP contribution in [0.1, 0.15) is 24.6 Å². The summed E-state index contributed by atoms with van der Waals surface area (Å²) in [6.45, 7) is 6.65. The first-order chi connectivity index (χ1) is 8.72. The summed E-state index contributed by atoms with van der Waals surface area (Å²) in [4.78, 5) is 10.8. The summed E-state index contributed by atoms with van der Waals surface area (Å²) in [5, 5.41) is 4.75. The maximum absolute atomic E-state index is 4.60. The van der Waals surface area contributed by atoms with Crippen molar-refractivity contribution < 1.29 is 0 Å². The minimum absolute atomic E-state index is 0.569. The number of rotatable bonds is 4. The number of anilines is 1. The molecule has 0 radical (unpaired) electrons. The van der Waals surface area contributed by atoms with E-state index in [1.54, 1.807) is 0 Å².